The molecule has 2 rings (SSSR count). The molecule has 0 aliphatic rings. The van der Waals surface area contributed by atoms with Crippen molar-refractivity contribution in [2.24, 2.45) is 0 Å². The Hall–Kier alpha value is -2.47. The molecule has 0 aliphatic heterocycles. The molecule has 0 fully saturated rings. The first-order valence-corrected chi connectivity index (χ1v) is 9.50. The Morgan fingerprint density at radius 1 is 1.27 bits per heavy atom. The number of nitrogens with one attached hydrogen (secondary N) is 1. The standard InChI is InChI=1S/C20H25N3O2S/c1-5-14(2)23(19(25)12-11-17-9-7-6-8-10-17)13-18(24)22-20-21-15(3)16(4)26-20/h6-12,14H,5,13H2,1-4H3,(H,21,22,24). The zero-order valence-corrected chi connectivity index (χ0v) is 16.5. The molecule has 6 heteroatoms. The summed E-state index contributed by atoms with van der Waals surface area (Å²) in [5.41, 5.74) is 1.86. The van der Waals surface area contributed by atoms with Crippen molar-refractivity contribution < 1.29 is 9.59 Å². The molecule has 2 aromatic rings. The van der Waals surface area contributed by atoms with Gasteiger partial charge in [-0.15, -0.1) is 11.3 Å². The van der Waals surface area contributed by atoms with Crippen molar-refractivity contribution in [2.75, 3.05) is 11.9 Å². The van der Waals surface area contributed by atoms with Crippen LogP contribution >= 0.6 is 11.3 Å². The maximum absolute atomic E-state index is 12.6. The number of benzene rings is 1. The lowest BCUT2D eigenvalue weighted by molar-refractivity contribution is -0.132. The van der Waals surface area contributed by atoms with Crippen molar-refractivity contribution in [1.82, 2.24) is 9.88 Å². The van der Waals surface area contributed by atoms with E-state index in [0.29, 0.717) is 5.13 Å². The molecule has 1 N–H and O–H groups in total. The third-order valence-corrected chi connectivity index (χ3v) is 5.20. The normalized spacial score (nSPS) is 12.2. The van der Waals surface area contributed by atoms with Crippen LogP contribution in [0.25, 0.3) is 6.08 Å². The highest BCUT2D eigenvalue weighted by atomic mass is 32.1. The SMILES string of the molecule is CCC(C)N(CC(=O)Nc1nc(C)c(C)s1)C(=O)C=Cc1ccccc1. The van der Waals surface area contributed by atoms with E-state index in [4.69, 9.17) is 0 Å². The minimum atomic E-state index is -0.236. The van der Waals surface area contributed by atoms with Gasteiger partial charge >= 0.3 is 0 Å². The quantitative estimate of drug-likeness (QED) is 0.747. The van der Waals surface area contributed by atoms with Crippen molar-refractivity contribution in [3.8, 4) is 0 Å². The van der Waals surface area contributed by atoms with Gasteiger partial charge in [0.2, 0.25) is 11.8 Å². The van der Waals surface area contributed by atoms with E-state index in [9.17, 15) is 9.59 Å². The summed E-state index contributed by atoms with van der Waals surface area (Å²) in [5, 5.41) is 3.36. The molecule has 26 heavy (non-hydrogen) atoms. The number of nitrogens with zero attached hydrogens (tertiary/aromatic N) is 2. The third-order valence-electron chi connectivity index (χ3n) is 4.21. The fourth-order valence-corrected chi connectivity index (χ4v) is 3.17. The molecule has 0 saturated carbocycles. The number of hydrogen-bond donors (Lipinski definition) is 1. The van der Waals surface area contributed by atoms with Crippen molar-refractivity contribution >= 4 is 34.4 Å². The van der Waals surface area contributed by atoms with Crippen LogP contribution in [-0.4, -0.2) is 34.3 Å². The lowest BCUT2D eigenvalue weighted by atomic mass is 10.2. The van der Waals surface area contributed by atoms with Crippen LogP contribution in [0.5, 0.6) is 0 Å². The summed E-state index contributed by atoms with van der Waals surface area (Å²) in [6.45, 7) is 7.82. The van der Waals surface area contributed by atoms with Gasteiger partial charge in [0.1, 0.15) is 6.54 Å². The molecule has 0 saturated heterocycles. The van der Waals surface area contributed by atoms with E-state index in [1.807, 2.05) is 58.0 Å². The molecule has 0 bridgehead atoms. The number of carbonyl (C=O) groups is 2. The van der Waals surface area contributed by atoms with Crippen LogP contribution in [0.15, 0.2) is 36.4 Å². The molecule has 138 valence electrons. The van der Waals surface area contributed by atoms with Crippen molar-refractivity contribution in [3.05, 3.63) is 52.5 Å². The Morgan fingerprint density at radius 3 is 2.54 bits per heavy atom. The number of amides is 2. The molecular weight excluding hydrogens is 346 g/mol. The zero-order valence-electron chi connectivity index (χ0n) is 15.7. The van der Waals surface area contributed by atoms with E-state index < -0.39 is 0 Å². The summed E-state index contributed by atoms with van der Waals surface area (Å²) in [5.74, 6) is -0.412. The van der Waals surface area contributed by atoms with Gasteiger partial charge in [0, 0.05) is 17.0 Å². The highest BCUT2D eigenvalue weighted by molar-refractivity contribution is 7.15. The van der Waals surface area contributed by atoms with Crippen molar-refractivity contribution in [3.63, 3.8) is 0 Å². The van der Waals surface area contributed by atoms with Gasteiger partial charge < -0.3 is 10.2 Å². The largest absolute Gasteiger partial charge is 0.327 e. The first kappa shape index (κ1) is 19.8. The van der Waals surface area contributed by atoms with E-state index >= 15 is 0 Å². The molecule has 1 heterocycles. The number of rotatable bonds is 7. The number of thiazole rings is 1. The molecule has 1 atom stereocenters. The summed E-state index contributed by atoms with van der Waals surface area (Å²) in [4.78, 5) is 32.0. The van der Waals surface area contributed by atoms with E-state index in [2.05, 4.69) is 10.3 Å². The zero-order chi connectivity index (χ0) is 19.1. The predicted octanol–water partition coefficient (Wildman–Crippen LogP) is 4.04. The highest BCUT2D eigenvalue weighted by Crippen LogP contribution is 2.21. The Balaban J connectivity index is 2.05. The van der Waals surface area contributed by atoms with Crippen LogP contribution in [0.3, 0.4) is 0 Å². The third kappa shape index (κ3) is 5.52. The monoisotopic (exact) mass is 371 g/mol. The summed E-state index contributed by atoms with van der Waals surface area (Å²) in [6, 6.07) is 9.59. The van der Waals surface area contributed by atoms with Crippen molar-refractivity contribution in [2.45, 2.75) is 40.2 Å². The average Bonchev–Trinajstić information content (AvgIpc) is 2.95. The minimum Gasteiger partial charge on any atom is -0.327 e. The predicted molar refractivity (Wildman–Crippen MR) is 107 cm³/mol. The van der Waals surface area contributed by atoms with Gasteiger partial charge in [-0.3, -0.25) is 9.59 Å². The number of anilines is 1. The van der Waals surface area contributed by atoms with Crippen LogP contribution < -0.4 is 5.32 Å². The van der Waals surface area contributed by atoms with E-state index in [1.54, 1.807) is 11.0 Å². The molecule has 5 nitrogen and oxygen atoms in total. The lowest BCUT2D eigenvalue weighted by Gasteiger charge is -2.26. The summed E-state index contributed by atoms with van der Waals surface area (Å²) < 4.78 is 0. The minimum absolute atomic E-state index is 0.00461. The Morgan fingerprint density at radius 2 is 1.96 bits per heavy atom. The van der Waals surface area contributed by atoms with Gasteiger partial charge in [0.15, 0.2) is 5.13 Å². The highest BCUT2D eigenvalue weighted by Gasteiger charge is 2.20. The molecule has 1 unspecified atom stereocenters. The van der Waals surface area contributed by atoms with Crippen LogP contribution in [0.2, 0.25) is 0 Å². The molecule has 0 spiro atoms. The average molecular weight is 372 g/mol. The van der Waals surface area contributed by atoms with Gasteiger partial charge in [0.05, 0.1) is 5.69 Å². The maximum Gasteiger partial charge on any atom is 0.247 e. The summed E-state index contributed by atoms with van der Waals surface area (Å²) in [6.07, 6.45) is 4.06. The smallest absolute Gasteiger partial charge is 0.247 e. The van der Waals surface area contributed by atoms with Crippen LogP contribution in [-0.2, 0) is 9.59 Å². The first-order valence-electron chi connectivity index (χ1n) is 8.68. The van der Waals surface area contributed by atoms with Gasteiger partial charge in [-0.05, 0) is 38.8 Å². The fourth-order valence-electron chi connectivity index (χ4n) is 2.34. The van der Waals surface area contributed by atoms with Crippen LogP contribution in [0.1, 0.15) is 36.4 Å². The summed E-state index contributed by atoms with van der Waals surface area (Å²) in [7, 11) is 0. The Kier molecular flexibility index (Phi) is 7.09. The maximum atomic E-state index is 12.6. The Bertz CT molecular complexity index is 764. The van der Waals surface area contributed by atoms with Gasteiger partial charge in [-0.25, -0.2) is 4.98 Å². The number of carbonyl (C=O) groups excluding carboxylic acids is 2. The second-order valence-electron chi connectivity index (χ2n) is 6.18. The molecule has 0 radical (unpaired) electrons. The number of aromatic nitrogens is 1. The summed E-state index contributed by atoms with van der Waals surface area (Å²) >= 11 is 1.44. The van der Waals surface area contributed by atoms with E-state index in [0.717, 1.165) is 22.6 Å². The number of aryl methyl sites for hydroxylation is 2. The van der Waals surface area contributed by atoms with Gasteiger partial charge in [-0.1, -0.05) is 37.3 Å². The molecule has 1 aromatic heterocycles. The second-order valence-corrected chi connectivity index (χ2v) is 7.38. The number of hydrogen-bond acceptors (Lipinski definition) is 4. The molecule has 1 aromatic carbocycles. The topological polar surface area (TPSA) is 62.3 Å². The van der Waals surface area contributed by atoms with Crippen molar-refractivity contribution in [1.29, 1.82) is 0 Å². The van der Waals surface area contributed by atoms with Gasteiger partial charge in [-0.2, -0.15) is 0 Å². The molecule has 2 amide bonds. The van der Waals surface area contributed by atoms with Crippen LogP contribution in [0, 0.1) is 13.8 Å². The first-order chi connectivity index (χ1) is 12.4. The van der Waals surface area contributed by atoms with Gasteiger partial charge in [0.25, 0.3) is 0 Å². The van der Waals surface area contributed by atoms with Crippen LogP contribution in [0.4, 0.5) is 5.13 Å². The second kappa shape index (κ2) is 9.29. The molecular formula is C20H25N3O2S. The lowest BCUT2D eigenvalue weighted by Crippen LogP contribution is -2.42. The van der Waals surface area contributed by atoms with E-state index in [1.165, 1.54) is 17.4 Å². The Labute approximate surface area is 158 Å². The molecule has 0 aliphatic carbocycles. The van der Waals surface area contributed by atoms with E-state index in [-0.39, 0.29) is 24.4 Å². The fraction of sp³-hybridized carbons (Fsp3) is 0.350.